The zero-order chi connectivity index (χ0) is 22.9. The Morgan fingerprint density at radius 2 is 1.97 bits per heavy atom. The van der Waals surface area contributed by atoms with Gasteiger partial charge in [-0.15, -0.1) is 0 Å². The van der Waals surface area contributed by atoms with Crippen LogP contribution in [-0.2, 0) is 6.42 Å². The molecule has 1 heterocycles. The first-order valence-corrected chi connectivity index (χ1v) is 11.5. The summed E-state index contributed by atoms with van der Waals surface area (Å²) in [5, 5.41) is 37.2. The van der Waals surface area contributed by atoms with Crippen LogP contribution in [0.5, 0.6) is 0 Å². The smallest absolute Gasteiger partial charge is 0.225 e. The molecule has 3 aliphatic rings. The number of aromatic nitrogens is 2. The van der Waals surface area contributed by atoms with E-state index >= 15 is 0 Å². The number of anilines is 2. The van der Waals surface area contributed by atoms with Gasteiger partial charge in [0.1, 0.15) is 11.9 Å². The molecular weight excluding hydrogens is 416 g/mol. The number of aryl methyl sites for hydroxylation is 1. The lowest BCUT2D eigenvalue weighted by molar-refractivity contribution is 0.00445. The molecule has 5 rings (SSSR count). The normalized spacial score (nSPS) is 25.7. The van der Waals surface area contributed by atoms with E-state index in [1.165, 1.54) is 16.7 Å². The lowest BCUT2D eigenvalue weighted by atomic mass is 10.0. The molecule has 4 unspecified atom stereocenters. The number of allylic oxidation sites excluding steroid dienone is 4. The fourth-order valence-electron chi connectivity index (χ4n) is 5.02. The topological polar surface area (TPSA) is 111 Å². The average Bonchev–Trinajstić information content (AvgIpc) is 3.53. The number of rotatable bonds is 7. The summed E-state index contributed by atoms with van der Waals surface area (Å²) in [5.41, 5.74) is 6.61. The van der Waals surface area contributed by atoms with Gasteiger partial charge in [-0.05, 0) is 48.5 Å². The van der Waals surface area contributed by atoms with Gasteiger partial charge in [-0.1, -0.05) is 48.6 Å². The largest absolute Gasteiger partial charge is 0.396 e. The third-order valence-corrected chi connectivity index (χ3v) is 6.86. The molecule has 5 N–H and O–H groups in total. The number of nitrogens with zero attached hydrogens (tertiary/aromatic N) is 2. The molecule has 1 aromatic heterocycles. The maximum atomic E-state index is 10.6. The van der Waals surface area contributed by atoms with Crippen molar-refractivity contribution in [1.29, 1.82) is 0 Å². The standard InChI is InChI=1S/C26H30N4O3/c1-15-22(19-10-17-8-4-5-9-18(17)11-19)25(29-21-12-20(14-31)23(32)24(21)33)30-26(28-15)27-13-16-6-2-3-7-16/h2-6,8-10,20-21,23-24,31-33H,7,11-14H2,1H3,(H2,27,28,29,30). The maximum Gasteiger partial charge on any atom is 0.225 e. The zero-order valence-electron chi connectivity index (χ0n) is 18.7. The molecule has 0 radical (unpaired) electrons. The molecule has 0 spiro atoms. The van der Waals surface area contributed by atoms with E-state index in [1.807, 2.05) is 25.1 Å². The molecule has 7 nitrogen and oxygen atoms in total. The maximum absolute atomic E-state index is 10.6. The van der Waals surface area contributed by atoms with Crippen LogP contribution in [0.2, 0.25) is 0 Å². The molecule has 33 heavy (non-hydrogen) atoms. The van der Waals surface area contributed by atoms with E-state index < -0.39 is 18.2 Å². The summed E-state index contributed by atoms with van der Waals surface area (Å²) in [6.07, 6.45) is 8.66. The molecule has 0 aliphatic heterocycles. The molecule has 1 saturated carbocycles. The first-order valence-electron chi connectivity index (χ1n) is 11.5. The second-order valence-electron chi connectivity index (χ2n) is 9.12. The van der Waals surface area contributed by atoms with Gasteiger partial charge in [-0.2, -0.15) is 4.98 Å². The zero-order valence-corrected chi connectivity index (χ0v) is 18.7. The second kappa shape index (κ2) is 9.09. The van der Waals surface area contributed by atoms with Crippen molar-refractivity contribution < 1.29 is 15.3 Å². The summed E-state index contributed by atoms with van der Waals surface area (Å²) in [5.74, 6) is 0.796. The Morgan fingerprint density at radius 3 is 2.70 bits per heavy atom. The minimum Gasteiger partial charge on any atom is -0.396 e. The van der Waals surface area contributed by atoms with Crippen LogP contribution in [0.3, 0.4) is 0 Å². The first kappa shape index (κ1) is 21.8. The lowest BCUT2D eigenvalue weighted by Crippen LogP contribution is -2.36. The van der Waals surface area contributed by atoms with E-state index in [2.05, 4.69) is 41.0 Å². The molecule has 3 aliphatic carbocycles. The summed E-state index contributed by atoms with van der Waals surface area (Å²) in [4.78, 5) is 9.54. The van der Waals surface area contributed by atoms with Gasteiger partial charge >= 0.3 is 0 Å². The molecule has 1 fully saturated rings. The van der Waals surface area contributed by atoms with Gasteiger partial charge < -0.3 is 26.0 Å². The number of nitrogens with one attached hydrogen (secondary N) is 2. The van der Waals surface area contributed by atoms with Crippen LogP contribution in [-0.4, -0.2) is 56.7 Å². The molecule has 172 valence electrons. The molecule has 2 aromatic rings. The number of fused-ring (bicyclic) bond motifs is 1. The van der Waals surface area contributed by atoms with Crippen LogP contribution in [0.25, 0.3) is 11.6 Å². The van der Waals surface area contributed by atoms with E-state index in [9.17, 15) is 15.3 Å². The Morgan fingerprint density at radius 1 is 1.12 bits per heavy atom. The van der Waals surface area contributed by atoms with Crippen molar-refractivity contribution in [2.45, 2.75) is 44.4 Å². The first-order chi connectivity index (χ1) is 16.0. The number of aliphatic hydroxyl groups excluding tert-OH is 3. The quantitative estimate of drug-likeness (QED) is 0.445. The monoisotopic (exact) mass is 446 g/mol. The highest BCUT2D eigenvalue weighted by molar-refractivity contribution is 5.92. The van der Waals surface area contributed by atoms with Gasteiger partial charge in [0.15, 0.2) is 0 Å². The van der Waals surface area contributed by atoms with Crippen LogP contribution < -0.4 is 10.6 Å². The number of aliphatic hydroxyl groups is 3. The second-order valence-corrected chi connectivity index (χ2v) is 9.12. The fourth-order valence-corrected chi connectivity index (χ4v) is 5.02. The Kier molecular flexibility index (Phi) is 6.01. The number of benzene rings is 1. The van der Waals surface area contributed by atoms with Crippen molar-refractivity contribution in [3.05, 3.63) is 70.5 Å². The summed E-state index contributed by atoms with van der Waals surface area (Å²) in [6, 6.07) is 7.90. The van der Waals surface area contributed by atoms with Crippen molar-refractivity contribution in [2.75, 3.05) is 23.8 Å². The molecular formula is C26H30N4O3. The molecule has 4 atom stereocenters. The summed E-state index contributed by atoms with van der Waals surface area (Å²) in [6.45, 7) is 2.48. The Bertz CT molecular complexity index is 1140. The Labute approximate surface area is 193 Å². The van der Waals surface area contributed by atoms with Gasteiger partial charge in [0.25, 0.3) is 0 Å². The molecule has 0 amide bonds. The van der Waals surface area contributed by atoms with Gasteiger partial charge in [0, 0.05) is 24.6 Å². The van der Waals surface area contributed by atoms with Crippen LogP contribution >= 0.6 is 0 Å². The predicted octanol–water partition coefficient (Wildman–Crippen LogP) is 2.69. The van der Waals surface area contributed by atoms with Crippen LogP contribution in [0.4, 0.5) is 11.8 Å². The van der Waals surface area contributed by atoms with E-state index in [-0.39, 0.29) is 12.5 Å². The third kappa shape index (κ3) is 4.31. The SMILES string of the molecule is Cc1nc(NCC2=CC=CC2)nc(NC2CC(CO)C(O)C2O)c1C1=Cc2ccccc2C1. The van der Waals surface area contributed by atoms with E-state index in [1.54, 1.807) is 0 Å². The highest BCUT2D eigenvalue weighted by Gasteiger charge is 2.41. The van der Waals surface area contributed by atoms with Gasteiger partial charge in [0.05, 0.1) is 17.8 Å². The van der Waals surface area contributed by atoms with E-state index in [0.717, 1.165) is 29.7 Å². The average molecular weight is 447 g/mol. The highest BCUT2D eigenvalue weighted by Crippen LogP contribution is 2.38. The Hall–Kier alpha value is -3.00. The molecule has 0 saturated heterocycles. The van der Waals surface area contributed by atoms with Gasteiger partial charge in [-0.3, -0.25) is 0 Å². The van der Waals surface area contributed by atoms with E-state index in [0.29, 0.717) is 24.7 Å². The summed E-state index contributed by atoms with van der Waals surface area (Å²) in [7, 11) is 0. The molecule has 0 bridgehead atoms. The number of hydrogen-bond acceptors (Lipinski definition) is 7. The fraction of sp³-hybridized carbons (Fsp3) is 0.385. The van der Waals surface area contributed by atoms with Crippen molar-refractivity contribution in [3.8, 4) is 0 Å². The minimum atomic E-state index is -0.980. The van der Waals surface area contributed by atoms with Gasteiger partial charge in [-0.25, -0.2) is 4.98 Å². The van der Waals surface area contributed by atoms with Crippen LogP contribution in [0, 0.1) is 12.8 Å². The predicted molar refractivity (Wildman–Crippen MR) is 130 cm³/mol. The van der Waals surface area contributed by atoms with Crippen molar-refractivity contribution in [1.82, 2.24) is 9.97 Å². The van der Waals surface area contributed by atoms with Crippen LogP contribution in [0.15, 0.2) is 48.1 Å². The van der Waals surface area contributed by atoms with E-state index in [4.69, 9.17) is 9.97 Å². The minimum absolute atomic E-state index is 0.164. The third-order valence-electron chi connectivity index (χ3n) is 6.86. The highest BCUT2D eigenvalue weighted by atomic mass is 16.3. The van der Waals surface area contributed by atoms with Crippen LogP contribution in [0.1, 0.15) is 35.2 Å². The lowest BCUT2D eigenvalue weighted by Gasteiger charge is -2.22. The van der Waals surface area contributed by atoms with Gasteiger partial charge in [0.2, 0.25) is 5.95 Å². The Balaban J connectivity index is 1.47. The molecule has 1 aromatic carbocycles. The van der Waals surface area contributed by atoms with Crippen molar-refractivity contribution >= 4 is 23.4 Å². The van der Waals surface area contributed by atoms with Crippen molar-refractivity contribution in [2.24, 2.45) is 5.92 Å². The summed E-state index contributed by atoms with van der Waals surface area (Å²) < 4.78 is 0. The summed E-state index contributed by atoms with van der Waals surface area (Å²) >= 11 is 0. The number of hydrogen-bond donors (Lipinski definition) is 5. The van der Waals surface area contributed by atoms with Crippen molar-refractivity contribution in [3.63, 3.8) is 0 Å². The molecule has 7 heteroatoms.